The van der Waals surface area contributed by atoms with Gasteiger partial charge in [0.25, 0.3) is 11.8 Å². The maximum absolute atomic E-state index is 12.9. The molecule has 6 nitrogen and oxygen atoms in total. The predicted molar refractivity (Wildman–Crippen MR) is 116 cm³/mol. The first-order chi connectivity index (χ1) is 14.0. The molecule has 0 spiro atoms. The van der Waals surface area contributed by atoms with Crippen molar-refractivity contribution in [1.82, 2.24) is 15.2 Å². The summed E-state index contributed by atoms with van der Waals surface area (Å²) in [6.07, 6.45) is 4.17. The van der Waals surface area contributed by atoms with Crippen molar-refractivity contribution in [3.05, 3.63) is 52.3 Å². The molecule has 0 bridgehead atoms. The summed E-state index contributed by atoms with van der Waals surface area (Å²) in [7, 11) is 0. The molecule has 1 fully saturated rings. The van der Waals surface area contributed by atoms with E-state index in [1.54, 1.807) is 0 Å². The predicted octanol–water partition coefficient (Wildman–Crippen LogP) is 3.34. The van der Waals surface area contributed by atoms with Gasteiger partial charge in [-0.2, -0.15) is 0 Å². The van der Waals surface area contributed by atoms with Crippen LogP contribution in [0.4, 0.5) is 5.69 Å². The first-order valence-corrected chi connectivity index (χ1v) is 10.3. The molecule has 2 aliphatic heterocycles. The highest BCUT2D eigenvalue weighted by Crippen LogP contribution is 2.33. The number of para-hydroxylation sites is 1. The topological polar surface area (TPSA) is 77.2 Å². The third kappa shape index (κ3) is 3.60. The van der Waals surface area contributed by atoms with Gasteiger partial charge in [-0.3, -0.25) is 14.5 Å². The number of nitrogens with one attached hydrogen (secondary N) is 3. The third-order valence-electron chi connectivity index (χ3n) is 6.11. The van der Waals surface area contributed by atoms with Crippen LogP contribution in [-0.4, -0.2) is 47.4 Å². The molecular formula is C23H28N4O2. The number of H-pyrrole nitrogens is 1. The van der Waals surface area contributed by atoms with Gasteiger partial charge in [-0.05, 0) is 57.5 Å². The lowest BCUT2D eigenvalue weighted by Gasteiger charge is -2.22. The number of hydrogen-bond acceptors (Lipinski definition) is 3. The zero-order chi connectivity index (χ0) is 20.5. The molecule has 2 aromatic rings. The molecule has 2 amide bonds. The van der Waals surface area contributed by atoms with Gasteiger partial charge in [0.05, 0.1) is 11.1 Å². The monoisotopic (exact) mass is 392 g/mol. The highest BCUT2D eigenvalue weighted by molar-refractivity contribution is 6.34. The highest BCUT2D eigenvalue weighted by atomic mass is 16.2. The second-order valence-corrected chi connectivity index (χ2v) is 7.86. The Hall–Kier alpha value is -2.86. The lowest BCUT2D eigenvalue weighted by Crippen LogP contribution is -2.40. The molecule has 3 N–H and O–H groups in total. The summed E-state index contributed by atoms with van der Waals surface area (Å²) in [6, 6.07) is 8.06. The molecule has 1 saturated heterocycles. The molecule has 4 rings (SSSR count). The molecule has 2 aliphatic rings. The number of aryl methyl sites for hydroxylation is 1. The van der Waals surface area contributed by atoms with E-state index in [1.165, 1.54) is 6.42 Å². The van der Waals surface area contributed by atoms with Crippen molar-refractivity contribution in [2.45, 2.75) is 39.7 Å². The van der Waals surface area contributed by atoms with Crippen molar-refractivity contribution in [2.75, 3.05) is 25.0 Å². The van der Waals surface area contributed by atoms with E-state index in [4.69, 9.17) is 0 Å². The molecular weight excluding hydrogens is 364 g/mol. The third-order valence-corrected chi connectivity index (χ3v) is 6.11. The SMILES string of the molecule is CCN1CCCC1CNC(=O)c1c(C)[nH]c(/C=C2\C(=O)Nc3ccccc32)c1C. The van der Waals surface area contributed by atoms with E-state index in [0.29, 0.717) is 23.7 Å². The van der Waals surface area contributed by atoms with Gasteiger partial charge in [0.1, 0.15) is 0 Å². The van der Waals surface area contributed by atoms with Crippen LogP contribution in [0.2, 0.25) is 0 Å². The van der Waals surface area contributed by atoms with Gasteiger partial charge >= 0.3 is 0 Å². The first-order valence-electron chi connectivity index (χ1n) is 10.3. The maximum atomic E-state index is 12.9. The molecule has 1 aromatic carbocycles. The molecule has 0 radical (unpaired) electrons. The summed E-state index contributed by atoms with van der Waals surface area (Å²) >= 11 is 0. The van der Waals surface area contributed by atoms with Crippen molar-refractivity contribution < 1.29 is 9.59 Å². The Kier molecular flexibility index (Phi) is 5.28. The summed E-state index contributed by atoms with van der Waals surface area (Å²) in [5, 5.41) is 6.01. The Morgan fingerprint density at radius 3 is 2.90 bits per heavy atom. The van der Waals surface area contributed by atoms with Gasteiger partial charge in [-0.25, -0.2) is 0 Å². The highest BCUT2D eigenvalue weighted by Gasteiger charge is 2.26. The molecule has 1 aromatic heterocycles. The lowest BCUT2D eigenvalue weighted by atomic mass is 10.0. The fraction of sp³-hybridized carbons (Fsp3) is 0.391. The number of aromatic amines is 1. The smallest absolute Gasteiger partial charge is 0.256 e. The molecule has 0 aliphatic carbocycles. The fourth-order valence-corrected chi connectivity index (χ4v) is 4.53. The van der Waals surface area contributed by atoms with Gasteiger partial charge in [0.2, 0.25) is 0 Å². The van der Waals surface area contributed by atoms with Crippen molar-refractivity contribution in [3.8, 4) is 0 Å². The number of carbonyl (C=O) groups excluding carboxylic acids is 2. The second kappa shape index (κ2) is 7.87. The number of rotatable bonds is 5. The summed E-state index contributed by atoms with van der Waals surface area (Å²) in [5.74, 6) is -0.176. The number of aromatic nitrogens is 1. The van der Waals surface area contributed by atoms with Crippen LogP contribution in [0, 0.1) is 13.8 Å². The van der Waals surface area contributed by atoms with Crippen LogP contribution in [0.1, 0.15) is 52.6 Å². The Morgan fingerprint density at radius 1 is 1.31 bits per heavy atom. The van der Waals surface area contributed by atoms with Crippen LogP contribution in [-0.2, 0) is 4.79 Å². The van der Waals surface area contributed by atoms with E-state index in [9.17, 15) is 9.59 Å². The van der Waals surface area contributed by atoms with Gasteiger partial charge in [0, 0.05) is 35.2 Å². The molecule has 3 heterocycles. The van der Waals surface area contributed by atoms with Crippen LogP contribution >= 0.6 is 0 Å². The van der Waals surface area contributed by atoms with Crippen LogP contribution < -0.4 is 10.6 Å². The standard InChI is InChI=1S/C23H28N4O2/c1-4-27-11-7-8-16(27)13-24-23(29)21-14(2)20(25-15(21)3)12-18-17-9-5-6-10-19(17)26-22(18)28/h5-6,9-10,12,16,25H,4,7-8,11,13H2,1-3H3,(H,24,29)(H,26,28)/b18-12-. The quantitative estimate of drug-likeness (QED) is 0.683. The zero-order valence-corrected chi connectivity index (χ0v) is 17.3. The molecule has 1 atom stereocenters. The van der Waals surface area contributed by atoms with Gasteiger partial charge in [-0.15, -0.1) is 0 Å². The van der Waals surface area contributed by atoms with E-state index in [2.05, 4.69) is 27.4 Å². The fourth-order valence-electron chi connectivity index (χ4n) is 4.53. The minimum Gasteiger partial charge on any atom is -0.358 e. The average Bonchev–Trinajstić information content (AvgIpc) is 3.37. The Morgan fingerprint density at radius 2 is 2.10 bits per heavy atom. The molecule has 1 unspecified atom stereocenters. The Bertz CT molecular complexity index is 989. The number of fused-ring (bicyclic) bond motifs is 1. The van der Waals surface area contributed by atoms with E-state index in [0.717, 1.165) is 47.7 Å². The summed E-state index contributed by atoms with van der Waals surface area (Å²) in [4.78, 5) is 31.0. The maximum Gasteiger partial charge on any atom is 0.256 e. The molecule has 6 heteroatoms. The number of carbonyl (C=O) groups is 2. The summed E-state index contributed by atoms with van der Waals surface area (Å²) in [6.45, 7) is 8.79. The van der Waals surface area contributed by atoms with Gasteiger partial charge in [0.15, 0.2) is 0 Å². The molecule has 152 valence electrons. The lowest BCUT2D eigenvalue weighted by molar-refractivity contribution is -0.110. The van der Waals surface area contributed by atoms with Crippen LogP contribution in [0.5, 0.6) is 0 Å². The first kappa shape index (κ1) is 19.5. The number of likely N-dealkylation sites (N-methyl/N-ethyl adjacent to an activating group) is 1. The summed E-state index contributed by atoms with van der Waals surface area (Å²) < 4.78 is 0. The minimum absolute atomic E-state index is 0.0554. The van der Waals surface area contributed by atoms with Crippen molar-refractivity contribution in [3.63, 3.8) is 0 Å². The Labute approximate surface area is 171 Å². The largest absolute Gasteiger partial charge is 0.358 e. The van der Waals surface area contributed by atoms with Crippen LogP contribution in [0.3, 0.4) is 0 Å². The minimum atomic E-state index is -0.121. The number of benzene rings is 1. The van der Waals surface area contributed by atoms with E-state index >= 15 is 0 Å². The number of hydrogen-bond donors (Lipinski definition) is 3. The van der Waals surface area contributed by atoms with Crippen molar-refractivity contribution in [1.29, 1.82) is 0 Å². The van der Waals surface area contributed by atoms with Crippen LogP contribution in [0.25, 0.3) is 11.6 Å². The van der Waals surface area contributed by atoms with E-state index < -0.39 is 0 Å². The van der Waals surface area contributed by atoms with Crippen molar-refractivity contribution in [2.24, 2.45) is 0 Å². The molecule has 29 heavy (non-hydrogen) atoms. The average molecular weight is 393 g/mol. The second-order valence-electron chi connectivity index (χ2n) is 7.86. The summed E-state index contributed by atoms with van der Waals surface area (Å²) in [5.41, 5.74) is 5.47. The van der Waals surface area contributed by atoms with Crippen LogP contribution in [0.15, 0.2) is 24.3 Å². The van der Waals surface area contributed by atoms with E-state index in [1.807, 2.05) is 44.2 Å². The van der Waals surface area contributed by atoms with Crippen molar-refractivity contribution >= 4 is 29.2 Å². The Balaban J connectivity index is 1.55. The van der Waals surface area contributed by atoms with Gasteiger partial charge in [-0.1, -0.05) is 25.1 Å². The van der Waals surface area contributed by atoms with Gasteiger partial charge < -0.3 is 15.6 Å². The zero-order valence-electron chi connectivity index (χ0n) is 17.3. The normalized spacial score (nSPS) is 20.2. The number of anilines is 1. The van der Waals surface area contributed by atoms with E-state index in [-0.39, 0.29) is 11.8 Å². The number of amides is 2. The number of nitrogens with zero attached hydrogens (tertiary/aromatic N) is 1. The molecule has 0 saturated carbocycles. The number of likely N-dealkylation sites (tertiary alicyclic amines) is 1.